The maximum absolute atomic E-state index is 12.5. The van der Waals surface area contributed by atoms with Gasteiger partial charge in [0.1, 0.15) is 0 Å². The van der Waals surface area contributed by atoms with E-state index in [2.05, 4.69) is 25.6 Å². The van der Waals surface area contributed by atoms with Crippen LogP contribution in [0.3, 0.4) is 0 Å². The Morgan fingerprint density at radius 3 is 2.57 bits per heavy atom. The van der Waals surface area contributed by atoms with Crippen molar-refractivity contribution in [3.63, 3.8) is 0 Å². The number of amides is 2. The summed E-state index contributed by atoms with van der Waals surface area (Å²) >= 11 is 1.49. The lowest BCUT2D eigenvalue weighted by Crippen LogP contribution is -2.47. The topological polar surface area (TPSA) is 92.2 Å². The number of aromatic nitrogens is 3. The molecule has 9 heteroatoms. The Morgan fingerprint density at radius 2 is 2.00 bits per heavy atom. The van der Waals surface area contributed by atoms with Crippen molar-refractivity contribution in [1.82, 2.24) is 19.7 Å². The van der Waals surface area contributed by atoms with Crippen LogP contribution >= 0.6 is 11.3 Å². The summed E-state index contributed by atoms with van der Waals surface area (Å²) in [5.41, 5.74) is 1.68. The molecule has 28 heavy (non-hydrogen) atoms. The standard InChI is InChI=1S/C19H28N6O2S/c1-5-25-11-16(10-20-25)22-18(27)15-6-8-24(9-7-15)13(3)17(26)23-19-21-12(2)14(4)28-19/h10-11,13,15H,5-9H2,1-4H3,(H,22,27)(H,21,23,26)/t13-/m0/s1. The van der Waals surface area contributed by atoms with E-state index in [-0.39, 0.29) is 23.8 Å². The minimum atomic E-state index is -0.253. The van der Waals surface area contributed by atoms with Crippen molar-refractivity contribution in [3.05, 3.63) is 23.0 Å². The van der Waals surface area contributed by atoms with E-state index in [0.717, 1.165) is 48.7 Å². The minimum absolute atomic E-state index is 0.0288. The van der Waals surface area contributed by atoms with Gasteiger partial charge in [-0.05, 0) is 53.6 Å². The Balaban J connectivity index is 1.48. The Hall–Kier alpha value is -2.26. The van der Waals surface area contributed by atoms with Gasteiger partial charge in [-0.25, -0.2) is 4.98 Å². The molecule has 0 spiro atoms. The van der Waals surface area contributed by atoms with Crippen molar-refractivity contribution in [2.24, 2.45) is 5.92 Å². The quantitative estimate of drug-likeness (QED) is 0.772. The van der Waals surface area contributed by atoms with Crippen LogP contribution < -0.4 is 10.6 Å². The fourth-order valence-electron chi connectivity index (χ4n) is 3.30. The average Bonchev–Trinajstić information content (AvgIpc) is 3.27. The molecule has 2 aromatic heterocycles. The number of nitrogens with one attached hydrogen (secondary N) is 2. The van der Waals surface area contributed by atoms with Gasteiger partial charge in [0.15, 0.2) is 5.13 Å². The number of piperidine rings is 1. The fraction of sp³-hybridized carbons (Fsp3) is 0.579. The van der Waals surface area contributed by atoms with Crippen molar-refractivity contribution < 1.29 is 9.59 Å². The van der Waals surface area contributed by atoms with Crippen LogP contribution in [0.4, 0.5) is 10.8 Å². The number of thiazole rings is 1. The van der Waals surface area contributed by atoms with Crippen molar-refractivity contribution in [2.45, 2.75) is 53.1 Å². The number of rotatable bonds is 6. The van der Waals surface area contributed by atoms with Gasteiger partial charge in [0.2, 0.25) is 11.8 Å². The third-order valence-electron chi connectivity index (χ3n) is 5.31. The molecule has 1 aliphatic heterocycles. The monoisotopic (exact) mass is 404 g/mol. The summed E-state index contributed by atoms with van der Waals surface area (Å²) in [5.74, 6) is -0.0643. The molecule has 2 N–H and O–H groups in total. The highest BCUT2D eigenvalue weighted by Crippen LogP contribution is 2.23. The van der Waals surface area contributed by atoms with E-state index in [9.17, 15) is 9.59 Å². The van der Waals surface area contributed by atoms with Gasteiger partial charge in [-0.15, -0.1) is 11.3 Å². The van der Waals surface area contributed by atoms with Gasteiger partial charge in [0, 0.05) is 23.5 Å². The van der Waals surface area contributed by atoms with Crippen LogP contribution in [0, 0.1) is 19.8 Å². The molecule has 0 bridgehead atoms. The van der Waals surface area contributed by atoms with Crippen molar-refractivity contribution in [2.75, 3.05) is 23.7 Å². The summed E-state index contributed by atoms with van der Waals surface area (Å²) in [6.45, 7) is 10.1. The van der Waals surface area contributed by atoms with E-state index < -0.39 is 0 Å². The third kappa shape index (κ3) is 4.77. The first-order valence-electron chi connectivity index (χ1n) is 9.69. The number of aryl methyl sites for hydroxylation is 3. The number of hydrogen-bond donors (Lipinski definition) is 2. The zero-order chi connectivity index (χ0) is 20.3. The largest absolute Gasteiger partial charge is 0.323 e. The second-order valence-corrected chi connectivity index (χ2v) is 8.41. The van der Waals surface area contributed by atoms with E-state index in [1.807, 2.05) is 33.9 Å². The number of carbonyl (C=O) groups excluding carboxylic acids is 2. The molecular weight excluding hydrogens is 376 g/mol. The van der Waals surface area contributed by atoms with Crippen molar-refractivity contribution >= 4 is 34.0 Å². The molecule has 1 atom stereocenters. The Kier molecular flexibility index (Phi) is 6.46. The highest BCUT2D eigenvalue weighted by Gasteiger charge is 2.30. The fourth-order valence-corrected chi connectivity index (χ4v) is 4.11. The van der Waals surface area contributed by atoms with Gasteiger partial charge in [0.25, 0.3) is 0 Å². The van der Waals surface area contributed by atoms with Gasteiger partial charge < -0.3 is 10.6 Å². The van der Waals surface area contributed by atoms with Crippen LogP contribution in [-0.4, -0.2) is 50.6 Å². The Labute approximate surface area is 169 Å². The molecule has 0 radical (unpaired) electrons. The van der Waals surface area contributed by atoms with Crippen LogP contribution in [-0.2, 0) is 16.1 Å². The minimum Gasteiger partial charge on any atom is -0.323 e. The molecule has 3 rings (SSSR count). The number of carbonyl (C=O) groups is 2. The highest BCUT2D eigenvalue weighted by atomic mass is 32.1. The number of hydrogen-bond acceptors (Lipinski definition) is 6. The van der Waals surface area contributed by atoms with Gasteiger partial charge in [-0.2, -0.15) is 5.10 Å². The number of anilines is 2. The van der Waals surface area contributed by atoms with E-state index in [1.165, 1.54) is 11.3 Å². The normalized spacial score (nSPS) is 16.7. The molecule has 2 amide bonds. The first kappa shape index (κ1) is 20.5. The molecule has 0 saturated carbocycles. The zero-order valence-corrected chi connectivity index (χ0v) is 17.7. The predicted molar refractivity (Wildman–Crippen MR) is 111 cm³/mol. The molecule has 0 aromatic carbocycles. The average molecular weight is 405 g/mol. The Morgan fingerprint density at radius 1 is 1.29 bits per heavy atom. The molecule has 0 unspecified atom stereocenters. The molecule has 1 saturated heterocycles. The molecule has 152 valence electrons. The van der Waals surface area contributed by atoms with Gasteiger partial charge in [-0.1, -0.05) is 0 Å². The molecule has 8 nitrogen and oxygen atoms in total. The lowest BCUT2D eigenvalue weighted by molar-refractivity contribution is -0.123. The molecular formula is C19H28N6O2S. The number of likely N-dealkylation sites (tertiary alicyclic amines) is 1. The Bertz CT molecular complexity index is 818. The van der Waals surface area contributed by atoms with Crippen LogP contribution in [0.5, 0.6) is 0 Å². The van der Waals surface area contributed by atoms with Gasteiger partial charge in [-0.3, -0.25) is 19.2 Å². The highest BCUT2D eigenvalue weighted by molar-refractivity contribution is 7.15. The van der Waals surface area contributed by atoms with E-state index in [0.29, 0.717) is 5.13 Å². The summed E-state index contributed by atoms with van der Waals surface area (Å²) < 4.78 is 1.78. The van der Waals surface area contributed by atoms with E-state index in [1.54, 1.807) is 10.9 Å². The summed E-state index contributed by atoms with van der Waals surface area (Å²) in [5, 5.41) is 10.7. The zero-order valence-electron chi connectivity index (χ0n) is 16.9. The number of nitrogens with zero attached hydrogens (tertiary/aromatic N) is 4. The van der Waals surface area contributed by atoms with Crippen molar-refractivity contribution in [1.29, 1.82) is 0 Å². The van der Waals surface area contributed by atoms with E-state index in [4.69, 9.17) is 0 Å². The lowest BCUT2D eigenvalue weighted by atomic mass is 9.95. The molecule has 0 aliphatic carbocycles. The molecule has 1 fully saturated rings. The van der Waals surface area contributed by atoms with Gasteiger partial charge in [0.05, 0.1) is 23.6 Å². The van der Waals surface area contributed by atoms with Crippen LogP contribution in [0.25, 0.3) is 0 Å². The summed E-state index contributed by atoms with van der Waals surface area (Å²) in [7, 11) is 0. The van der Waals surface area contributed by atoms with Crippen molar-refractivity contribution in [3.8, 4) is 0 Å². The first-order valence-corrected chi connectivity index (χ1v) is 10.5. The second-order valence-electron chi connectivity index (χ2n) is 7.21. The molecule has 2 aromatic rings. The maximum Gasteiger partial charge on any atom is 0.243 e. The van der Waals surface area contributed by atoms with E-state index >= 15 is 0 Å². The third-order valence-corrected chi connectivity index (χ3v) is 6.30. The molecule has 3 heterocycles. The van der Waals surface area contributed by atoms with Crippen LogP contribution in [0.15, 0.2) is 12.4 Å². The smallest absolute Gasteiger partial charge is 0.243 e. The molecule has 1 aliphatic rings. The first-order chi connectivity index (χ1) is 13.4. The second kappa shape index (κ2) is 8.83. The van der Waals surface area contributed by atoms with Gasteiger partial charge >= 0.3 is 0 Å². The lowest BCUT2D eigenvalue weighted by Gasteiger charge is -2.34. The van der Waals surface area contributed by atoms with Crippen LogP contribution in [0.2, 0.25) is 0 Å². The summed E-state index contributed by atoms with van der Waals surface area (Å²) in [6, 6.07) is -0.253. The maximum atomic E-state index is 12.5. The summed E-state index contributed by atoms with van der Waals surface area (Å²) in [6.07, 6.45) is 4.98. The SMILES string of the molecule is CCn1cc(NC(=O)C2CCN([C@@H](C)C(=O)Nc3nc(C)c(C)s3)CC2)cn1. The predicted octanol–water partition coefficient (Wildman–Crippen LogP) is 2.65. The summed E-state index contributed by atoms with van der Waals surface area (Å²) in [4.78, 5) is 32.6. The van der Waals surface area contributed by atoms with Crippen LogP contribution in [0.1, 0.15) is 37.3 Å².